The molecule has 0 bridgehead atoms. The minimum absolute atomic E-state index is 0.0346. The molecule has 0 aliphatic rings. The fraction of sp³-hybridized carbons (Fsp3) is 0.471. The van der Waals surface area contributed by atoms with Crippen molar-refractivity contribution in [2.24, 2.45) is 0 Å². The number of anilines is 1. The Morgan fingerprint density at radius 1 is 1.15 bits per heavy atom. The van der Waals surface area contributed by atoms with E-state index in [2.05, 4.69) is 38.2 Å². The average Bonchev–Trinajstić information content (AvgIpc) is 2.35. The summed E-state index contributed by atoms with van der Waals surface area (Å²) in [5.41, 5.74) is 3.21. The van der Waals surface area contributed by atoms with Gasteiger partial charge >= 0.3 is 0 Å². The molecule has 0 saturated heterocycles. The number of hydrogen-bond donors (Lipinski definition) is 1. The Morgan fingerprint density at radius 3 is 2.40 bits per heavy atom. The van der Waals surface area contributed by atoms with E-state index in [0.29, 0.717) is 0 Å². The van der Waals surface area contributed by atoms with Gasteiger partial charge in [0.15, 0.2) is 0 Å². The lowest BCUT2D eigenvalue weighted by atomic mass is 9.90. The maximum absolute atomic E-state index is 5.76. The van der Waals surface area contributed by atoms with Crippen molar-refractivity contribution in [1.82, 2.24) is 4.98 Å². The number of benzene rings is 1. The predicted octanol–water partition coefficient (Wildman–Crippen LogP) is 4.36. The summed E-state index contributed by atoms with van der Waals surface area (Å²) >= 11 is 0. The Bertz CT molecular complexity index is 612. The number of pyridine rings is 1. The first-order valence-corrected chi connectivity index (χ1v) is 7.11. The number of rotatable bonds is 3. The molecule has 0 aliphatic carbocycles. The van der Waals surface area contributed by atoms with Crippen LogP contribution in [-0.2, 0) is 5.41 Å². The summed E-state index contributed by atoms with van der Waals surface area (Å²) in [4.78, 5) is 4.78. The summed E-state index contributed by atoms with van der Waals surface area (Å²) in [7, 11) is 1.94. The molecule has 0 fully saturated rings. The van der Waals surface area contributed by atoms with E-state index in [1.807, 2.05) is 33.0 Å². The van der Waals surface area contributed by atoms with E-state index in [0.717, 1.165) is 28.0 Å². The Kier molecular flexibility index (Phi) is 3.89. The molecule has 1 heterocycles. The fourth-order valence-electron chi connectivity index (χ4n) is 2.14. The van der Waals surface area contributed by atoms with Crippen molar-refractivity contribution in [3.63, 3.8) is 0 Å². The fourth-order valence-corrected chi connectivity index (χ4v) is 2.14. The van der Waals surface area contributed by atoms with E-state index in [-0.39, 0.29) is 11.5 Å². The smallest absolute Gasteiger partial charge is 0.120 e. The second-order valence-electron chi connectivity index (χ2n) is 6.40. The van der Waals surface area contributed by atoms with Gasteiger partial charge in [-0.15, -0.1) is 0 Å². The van der Waals surface area contributed by atoms with Crippen LogP contribution in [0.3, 0.4) is 0 Å². The molecule has 0 spiro atoms. The summed E-state index contributed by atoms with van der Waals surface area (Å²) in [6, 6.07) is 8.20. The highest BCUT2D eigenvalue weighted by atomic mass is 16.5. The van der Waals surface area contributed by atoms with Gasteiger partial charge in [-0.3, -0.25) is 4.98 Å². The topological polar surface area (TPSA) is 34.2 Å². The zero-order chi connectivity index (χ0) is 14.9. The third kappa shape index (κ3) is 3.03. The van der Waals surface area contributed by atoms with E-state index in [1.54, 1.807) is 0 Å². The van der Waals surface area contributed by atoms with Crippen molar-refractivity contribution in [3.8, 4) is 5.75 Å². The first-order valence-electron chi connectivity index (χ1n) is 7.11. The predicted molar refractivity (Wildman–Crippen MR) is 85.8 cm³/mol. The van der Waals surface area contributed by atoms with Crippen LogP contribution < -0.4 is 10.1 Å². The third-order valence-electron chi connectivity index (χ3n) is 3.19. The van der Waals surface area contributed by atoms with Gasteiger partial charge in [0, 0.05) is 29.2 Å². The molecule has 108 valence electrons. The van der Waals surface area contributed by atoms with Crippen LogP contribution in [0.25, 0.3) is 10.9 Å². The summed E-state index contributed by atoms with van der Waals surface area (Å²) < 4.78 is 5.76. The number of aromatic nitrogens is 1. The van der Waals surface area contributed by atoms with Gasteiger partial charge in [0.1, 0.15) is 5.75 Å². The molecule has 1 aromatic heterocycles. The molecule has 0 radical (unpaired) electrons. The highest BCUT2D eigenvalue weighted by Crippen LogP contribution is 2.31. The van der Waals surface area contributed by atoms with Crippen molar-refractivity contribution in [2.45, 2.75) is 46.1 Å². The molecule has 0 aliphatic heterocycles. The zero-order valence-electron chi connectivity index (χ0n) is 13.2. The van der Waals surface area contributed by atoms with Crippen molar-refractivity contribution < 1.29 is 4.74 Å². The quantitative estimate of drug-likeness (QED) is 0.901. The number of fused-ring (bicyclic) bond motifs is 1. The van der Waals surface area contributed by atoms with E-state index >= 15 is 0 Å². The van der Waals surface area contributed by atoms with Gasteiger partial charge in [-0.2, -0.15) is 0 Å². The summed E-state index contributed by atoms with van der Waals surface area (Å²) in [6.07, 6.45) is 0.173. The molecular formula is C17H24N2O. The van der Waals surface area contributed by atoms with Crippen LogP contribution in [0.5, 0.6) is 5.75 Å². The highest BCUT2D eigenvalue weighted by molar-refractivity contribution is 5.92. The van der Waals surface area contributed by atoms with E-state index in [4.69, 9.17) is 9.72 Å². The van der Waals surface area contributed by atoms with Gasteiger partial charge in [0.05, 0.1) is 11.6 Å². The minimum Gasteiger partial charge on any atom is -0.491 e. The second kappa shape index (κ2) is 5.31. The average molecular weight is 272 g/mol. The molecule has 3 nitrogen and oxygen atoms in total. The lowest BCUT2D eigenvalue weighted by Gasteiger charge is -2.20. The number of ether oxygens (including phenoxy) is 1. The van der Waals surface area contributed by atoms with Crippen LogP contribution in [-0.4, -0.2) is 18.1 Å². The van der Waals surface area contributed by atoms with Gasteiger partial charge in [0.25, 0.3) is 0 Å². The summed E-state index contributed by atoms with van der Waals surface area (Å²) in [5, 5.41) is 4.36. The number of nitrogens with zero attached hydrogens (tertiary/aromatic N) is 1. The molecule has 0 unspecified atom stereocenters. The zero-order valence-corrected chi connectivity index (χ0v) is 13.2. The molecule has 1 aromatic carbocycles. The second-order valence-corrected chi connectivity index (χ2v) is 6.40. The van der Waals surface area contributed by atoms with E-state index in [1.165, 1.54) is 0 Å². The first-order chi connectivity index (χ1) is 9.31. The third-order valence-corrected chi connectivity index (χ3v) is 3.19. The van der Waals surface area contributed by atoms with Crippen molar-refractivity contribution in [2.75, 3.05) is 12.4 Å². The lowest BCUT2D eigenvalue weighted by molar-refractivity contribution is 0.243. The molecule has 3 heteroatoms. The standard InChI is InChI=1S/C17H24N2O/c1-11(2)20-12-7-8-14-13(9-12)15(18-6)10-16(19-14)17(3,4)5/h7-11H,1-6H3,(H,18,19). The number of hydrogen-bond acceptors (Lipinski definition) is 3. The van der Waals surface area contributed by atoms with E-state index < -0.39 is 0 Å². The molecule has 2 aromatic rings. The molecule has 20 heavy (non-hydrogen) atoms. The van der Waals surface area contributed by atoms with Crippen LogP contribution in [0.1, 0.15) is 40.3 Å². The van der Waals surface area contributed by atoms with Gasteiger partial charge in [-0.05, 0) is 38.1 Å². The van der Waals surface area contributed by atoms with Crippen molar-refractivity contribution in [1.29, 1.82) is 0 Å². The summed E-state index contributed by atoms with van der Waals surface area (Å²) in [6.45, 7) is 10.6. The van der Waals surface area contributed by atoms with Gasteiger partial charge in [-0.25, -0.2) is 0 Å². The first kappa shape index (κ1) is 14.6. The Balaban J connectivity index is 2.59. The number of nitrogens with one attached hydrogen (secondary N) is 1. The van der Waals surface area contributed by atoms with Gasteiger partial charge in [-0.1, -0.05) is 20.8 Å². The van der Waals surface area contributed by atoms with Crippen LogP contribution in [0.15, 0.2) is 24.3 Å². The molecular weight excluding hydrogens is 248 g/mol. The molecule has 1 N–H and O–H groups in total. The van der Waals surface area contributed by atoms with E-state index in [9.17, 15) is 0 Å². The monoisotopic (exact) mass is 272 g/mol. The van der Waals surface area contributed by atoms with Crippen LogP contribution in [0.4, 0.5) is 5.69 Å². The van der Waals surface area contributed by atoms with Crippen LogP contribution in [0, 0.1) is 0 Å². The van der Waals surface area contributed by atoms with Crippen LogP contribution in [0.2, 0.25) is 0 Å². The Hall–Kier alpha value is -1.77. The maximum Gasteiger partial charge on any atom is 0.120 e. The Labute approximate surface area is 121 Å². The molecule has 0 saturated carbocycles. The van der Waals surface area contributed by atoms with Crippen molar-refractivity contribution >= 4 is 16.6 Å². The lowest BCUT2D eigenvalue weighted by Crippen LogP contribution is -2.14. The minimum atomic E-state index is 0.0346. The maximum atomic E-state index is 5.76. The van der Waals surface area contributed by atoms with Crippen molar-refractivity contribution in [3.05, 3.63) is 30.0 Å². The van der Waals surface area contributed by atoms with Gasteiger partial charge < -0.3 is 10.1 Å². The molecule has 2 rings (SSSR count). The van der Waals surface area contributed by atoms with Gasteiger partial charge in [0.2, 0.25) is 0 Å². The Morgan fingerprint density at radius 2 is 1.85 bits per heavy atom. The normalized spacial score (nSPS) is 11.9. The molecule has 0 atom stereocenters. The van der Waals surface area contributed by atoms with Crippen LogP contribution >= 0.6 is 0 Å². The largest absolute Gasteiger partial charge is 0.491 e. The SMILES string of the molecule is CNc1cc(C(C)(C)C)nc2ccc(OC(C)C)cc12. The molecule has 0 amide bonds. The highest BCUT2D eigenvalue weighted by Gasteiger charge is 2.18. The summed E-state index contributed by atoms with van der Waals surface area (Å²) in [5.74, 6) is 0.884.